The number of nitrogens with zero attached hydrogens (tertiary/aromatic N) is 4. The van der Waals surface area contributed by atoms with Crippen LogP contribution in [0.25, 0.3) is 11.4 Å². The van der Waals surface area contributed by atoms with Crippen LogP contribution in [0, 0.1) is 18.3 Å². The highest BCUT2D eigenvalue weighted by molar-refractivity contribution is 5.97. The Morgan fingerprint density at radius 1 is 1.08 bits per heavy atom. The van der Waals surface area contributed by atoms with Gasteiger partial charge in [-0.15, -0.1) is 0 Å². The molecule has 3 aromatic rings. The zero-order valence-corrected chi connectivity index (χ0v) is 21.2. The molecule has 6 heteroatoms. The Morgan fingerprint density at radius 3 is 2.53 bits per heavy atom. The van der Waals surface area contributed by atoms with Crippen LogP contribution in [0.1, 0.15) is 75.1 Å². The van der Waals surface area contributed by atoms with Crippen molar-refractivity contribution in [2.75, 3.05) is 33.2 Å². The fourth-order valence-corrected chi connectivity index (χ4v) is 5.78. The van der Waals surface area contributed by atoms with Crippen LogP contribution in [0.5, 0.6) is 0 Å². The molecule has 0 atom stereocenters. The number of benzene rings is 2. The summed E-state index contributed by atoms with van der Waals surface area (Å²) in [5, 5.41) is 9.04. The normalized spacial score (nSPS) is 18.6. The molecule has 1 saturated carbocycles. The van der Waals surface area contributed by atoms with Crippen LogP contribution in [0.15, 0.2) is 36.4 Å². The molecule has 1 saturated heterocycles. The molecule has 1 aromatic heterocycles. The van der Waals surface area contributed by atoms with Gasteiger partial charge >= 0.3 is 0 Å². The molecule has 1 aliphatic carbocycles. The van der Waals surface area contributed by atoms with Gasteiger partial charge in [0.2, 0.25) is 0 Å². The summed E-state index contributed by atoms with van der Waals surface area (Å²) in [5.74, 6) is 1.92. The summed E-state index contributed by atoms with van der Waals surface area (Å²) in [6.45, 7) is 5.57. The third kappa shape index (κ3) is 4.12. The van der Waals surface area contributed by atoms with Crippen molar-refractivity contribution in [1.29, 1.82) is 5.26 Å². The average Bonchev–Trinajstić information content (AvgIpc) is 3.14. The molecule has 0 bridgehead atoms. The quantitative estimate of drug-likeness (QED) is 0.584. The Balaban J connectivity index is 1.27. The predicted octanol–water partition coefficient (Wildman–Crippen LogP) is 4.79. The number of carbonyl (C=O) groups excluding carboxylic acids is 1. The topological polar surface area (TPSA) is 76.0 Å². The number of hydrogen-bond acceptors (Lipinski definition) is 4. The Hall–Kier alpha value is -3.43. The first-order chi connectivity index (χ1) is 17.5. The second-order valence-electron chi connectivity index (χ2n) is 10.8. The molecule has 1 N–H and O–H groups in total. The Bertz CT molecular complexity index is 1310. The van der Waals surface area contributed by atoms with E-state index in [0.717, 1.165) is 48.4 Å². The van der Waals surface area contributed by atoms with E-state index in [1.54, 1.807) is 0 Å². The number of rotatable bonds is 4. The van der Waals surface area contributed by atoms with E-state index in [4.69, 9.17) is 10.2 Å². The number of H-pyrrole nitrogens is 1. The van der Waals surface area contributed by atoms with E-state index >= 15 is 0 Å². The summed E-state index contributed by atoms with van der Waals surface area (Å²) < 4.78 is 0. The highest BCUT2D eigenvalue weighted by Crippen LogP contribution is 2.42. The smallest absolute Gasteiger partial charge is 0.254 e. The molecule has 184 valence electrons. The monoisotopic (exact) mass is 479 g/mol. The first-order valence-electron chi connectivity index (χ1n) is 13.2. The zero-order chi connectivity index (χ0) is 24.8. The van der Waals surface area contributed by atoms with Crippen LogP contribution in [0.4, 0.5) is 0 Å². The van der Waals surface area contributed by atoms with Crippen molar-refractivity contribution >= 4 is 5.91 Å². The van der Waals surface area contributed by atoms with Gasteiger partial charge in [0.15, 0.2) is 0 Å². The minimum atomic E-state index is 0.105. The number of fused-ring (bicyclic) bond motifs is 1. The first kappa shape index (κ1) is 23.0. The van der Waals surface area contributed by atoms with Crippen molar-refractivity contribution in [3.63, 3.8) is 0 Å². The lowest BCUT2D eigenvalue weighted by molar-refractivity contribution is 0.0601. The van der Waals surface area contributed by atoms with Gasteiger partial charge in [0, 0.05) is 61.8 Å². The molecule has 2 fully saturated rings. The molecule has 0 radical (unpaired) electrons. The maximum absolute atomic E-state index is 13.6. The van der Waals surface area contributed by atoms with Crippen molar-refractivity contribution < 1.29 is 4.79 Å². The molecule has 0 unspecified atom stereocenters. The van der Waals surface area contributed by atoms with E-state index in [2.05, 4.69) is 42.1 Å². The molecule has 1 amide bonds. The van der Waals surface area contributed by atoms with E-state index < -0.39 is 0 Å². The van der Waals surface area contributed by atoms with E-state index in [0.29, 0.717) is 30.5 Å². The molecule has 3 heterocycles. The molecule has 2 aliphatic heterocycles. The molecular weight excluding hydrogens is 446 g/mol. The summed E-state index contributed by atoms with van der Waals surface area (Å²) in [6.07, 6.45) is 5.64. The maximum Gasteiger partial charge on any atom is 0.254 e. The SMILES string of the molecule is Cc1cc(C2CCC2)c(-c2nc3c([nH]2)CCN(C)CC3)cc1C(=O)N1CC(c2ccc(C#N)cc2)C1. The molecule has 3 aliphatic rings. The second-order valence-corrected chi connectivity index (χ2v) is 10.8. The van der Waals surface area contributed by atoms with Crippen molar-refractivity contribution in [1.82, 2.24) is 19.8 Å². The van der Waals surface area contributed by atoms with Crippen LogP contribution < -0.4 is 0 Å². The van der Waals surface area contributed by atoms with E-state index in [-0.39, 0.29) is 5.91 Å². The number of nitrogens with one attached hydrogen (secondary N) is 1. The lowest BCUT2D eigenvalue weighted by atomic mass is 9.77. The van der Waals surface area contributed by atoms with Gasteiger partial charge < -0.3 is 14.8 Å². The van der Waals surface area contributed by atoms with Crippen LogP contribution in [-0.2, 0) is 12.8 Å². The number of carbonyl (C=O) groups is 1. The number of likely N-dealkylation sites (N-methyl/N-ethyl adjacent to an activating group) is 1. The number of aromatic nitrogens is 2. The molecule has 2 aromatic carbocycles. The third-order valence-corrected chi connectivity index (χ3v) is 8.45. The van der Waals surface area contributed by atoms with Crippen LogP contribution in [-0.4, -0.2) is 58.9 Å². The maximum atomic E-state index is 13.6. The molecule has 6 rings (SSSR count). The van der Waals surface area contributed by atoms with Crippen molar-refractivity contribution in [2.45, 2.75) is 50.9 Å². The van der Waals surface area contributed by atoms with Gasteiger partial charge in [-0.3, -0.25) is 4.79 Å². The molecule has 36 heavy (non-hydrogen) atoms. The predicted molar refractivity (Wildman–Crippen MR) is 140 cm³/mol. The van der Waals surface area contributed by atoms with Crippen LogP contribution in [0.2, 0.25) is 0 Å². The summed E-state index contributed by atoms with van der Waals surface area (Å²) in [6, 6.07) is 14.3. The van der Waals surface area contributed by atoms with Gasteiger partial charge in [0.25, 0.3) is 5.91 Å². The number of likely N-dealkylation sites (tertiary alicyclic amines) is 1. The minimum Gasteiger partial charge on any atom is -0.342 e. The molecule has 0 spiro atoms. The van der Waals surface area contributed by atoms with Crippen molar-refractivity contribution in [2.24, 2.45) is 0 Å². The molecule has 6 nitrogen and oxygen atoms in total. The summed E-state index contributed by atoms with van der Waals surface area (Å²) in [5.41, 5.74) is 8.58. The van der Waals surface area contributed by atoms with E-state index in [1.165, 1.54) is 41.8 Å². The summed E-state index contributed by atoms with van der Waals surface area (Å²) >= 11 is 0. The fourth-order valence-electron chi connectivity index (χ4n) is 5.78. The highest BCUT2D eigenvalue weighted by atomic mass is 16.2. The Morgan fingerprint density at radius 2 is 1.83 bits per heavy atom. The lowest BCUT2D eigenvalue weighted by Gasteiger charge is -2.40. The van der Waals surface area contributed by atoms with Gasteiger partial charge in [-0.1, -0.05) is 24.6 Å². The van der Waals surface area contributed by atoms with Gasteiger partial charge in [0.05, 0.1) is 17.3 Å². The van der Waals surface area contributed by atoms with Gasteiger partial charge in [-0.05, 0) is 67.6 Å². The number of aryl methyl sites for hydroxylation is 1. The second kappa shape index (κ2) is 9.22. The van der Waals surface area contributed by atoms with E-state index in [9.17, 15) is 4.79 Å². The third-order valence-electron chi connectivity index (χ3n) is 8.45. The Labute approximate surface area is 213 Å². The molecular formula is C30H33N5O. The number of amides is 1. The first-order valence-corrected chi connectivity index (χ1v) is 13.2. The average molecular weight is 480 g/mol. The number of aromatic amines is 1. The highest BCUT2D eigenvalue weighted by Gasteiger charge is 2.34. The standard InChI is InChI=1S/C30H33N5O/c1-19-14-25(22-4-3-5-22)26(29-32-27-10-12-34(2)13-11-28(27)33-29)15-24(19)30(36)35-17-23(18-35)21-8-6-20(16-31)7-9-21/h6-9,14-15,22-23H,3-5,10-13,17-18H2,1-2H3,(H,32,33). The largest absolute Gasteiger partial charge is 0.342 e. The summed E-state index contributed by atoms with van der Waals surface area (Å²) in [4.78, 5) is 26.6. The van der Waals surface area contributed by atoms with Gasteiger partial charge in [-0.25, -0.2) is 4.98 Å². The van der Waals surface area contributed by atoms with Crippen LogP contribution in [0.3, 0.4) is 0 Å². The van der Waals surface area contributed by atoms with E-state index in [1.807, 2.05) is 29.2 Å². The Kier molecular flexibility index (Phi) is 5.89. The van der Waals surface area contributed by atoms with Gasteiger partial charge in [-0.2, -0.15) is 5.26 Å². The van der Waals surface area contributed by atoms with Gasteiger partial charge in [0.1, 0.15) is 5.82 Å². The lowest BCUT2D eigenvalue weighted by Crippen LogP contribution is -2.48. The fraction of sp³-hybridized carbons (Fsp3) is 0.433. The number of imidazole rings is 1. The van der Waals surface area contributed by atoms with Crippen LogP contribution >= 0.6 is 0 Å². The van der Waals surface area contributed by atoms with Crippen molar-refractivity contribution in [3.8, 4) is 17.5 Å². The summed E-state index contributed by atoms with van der Waals surface area (Å²) in [7, 11) is 2.17. The number of hydrogen-bond donors (Lipinski definition) is 1. The van der Waals surface area contributed by atoms with Crippen molar-refractivity contribution in [3.05, 3.63) is 75.6 Å². The zero-order valence-electron chi connectivity index (χ0n) is 21.2. The number of nitriles is 1. The minimum absolute atomic E-state index is 0.105.